The van der Waals surface area contributed by atoms with Gasteiger partial charge in [0.05, 0.1) is 18.1 Å². The Hall–Kier alpha value is -4.53. The normalized spacial score (nSPS) is 21.6. The third kappa shape index (κ3) is 8.06. The van der Waals surface area contributed by atoms with Crippen molar-refractivity contribution in [3.8, 4) is 0 Å². The molecule has 43 heavy (non-hydrogen) atoms. The molecule has 3 fully saturated rings. The molecule has 3 atom stereocenters. The van der Waals surface area contributed by atoms with E-state index in [-0.39, 0.29) is 42.3 Å². The van der Waals surface area contributed by atoms with Gasteiger partial charge in [0, 0.05) is 11.1 Å². The molecule has 3 aliphatic heterocycles. The Morgan fingerprint density at radius 1 is 0.651 bits per heavy atom. The average Bonchev–Trinajstić information content (AvgIpc) is 3.74. The molecule has 3 saturated heterocycles. The summed E-state index contributed by atoms with van der Waals surface area (Å²) in [5.74, 6) is 0.716. The summed E-state index contributed by atoms with van der Waals surface area (Å²) in [6, 6.07) is 30.2. The van der Waals surface area contributed by atoms with Gasteiger partial charge in [-0.3, -0.25) is 0 Å². The first kappa shape index (κ1) is 31.4. The Bertz CT molecular complexity index is 1290. The van der Waals surface area contributed by atoms with Crippen LogP contribution in [0, 0.1) is 11.8 Å². The van der Waals surface area contributed by atoms with Gasteiger partial charge in [0.2, 0.25) is 0 Å². The summed E-state index contributed by atoms with van der Waals surface area (Å²) in [7, 11) is 0. The van der Waals surface area contributed by atoms with E-state index in [0.29, 0.717) is 19.1 Å². The van der Waals surface area contributed by atoms with Crippen molar-refractivity contribution < 1.29 is 28.6 Å². The molecule has 3 N–H and O–H groups in total. The summed E-state index contributed by atoms with van der Waals surface area (Å²) in [6.45, 7) is 9.31. The van der Waals surface area contributed by atoms with E-state index in [1.807, 2.05) is 91.0 Å². The number of benzene rings is 3. The third-order valence-electron chi connectivity index (χ3n) is 7.60. The SMILES string of the molecule is CC(C)[C@@H]1NC(=O)OC1(c1ccccc1)c1ccccc1.CC(C)[C@H]1COC(=O)N1.O=C1N[C@@H](Cc2ccccc2)CO1. The number of hydrogen-bond donors (Lipinski definition) is 3. The molecule has 3 aromatic rings. The maximum Gasteiger partial charge on any atom is 0.408 e. The summed E-state index contributed by atoms with van der Waals surface area (Å²) in [4.78, 5) is 33.1. The van der Waals surface area contributed by atoms with Crippen LogP contribution in [0.5, 0.6) is 0 Å². The first-order valence-electron chi connectivity index (χ1n) is 14.7. The average molecular weight is 588 g/mol. The van der Waals surface area contributed by atoms with Crippen LogP contribution in [0.3, 0.4) is 0 Å². The predicted octanol–water partition coefficient (Wildman–Crippen LogP) is 5.78. The lowest BCUT2D eigenvalue weighted by Gasteiger charge is -2.35. The molecule has 0 radical (unpaired) electrons. The van der Waals surface area contributed by atoms with Crippen LogP contribution in [0.25, 0.3) is 0 Å². The zero-order chi connectivity index (χ0) is 30.8. The van der Waals surface area contributed by atoms with Gasteiger partial charge in [0.25, 0.3) is 0 Å². The smallest absolute Gasteiger partial charge is 0.408 e. The molecule has 0 aliphatic carbocycles. The first-order valence-corrected chi connectivity index (χ1v) is 14.7. The van der Waals surface area contributed by atoms with Gasteiger partial charge < -0.3 is 30.2 Å². The van der Waals surface area contributed by atoms with E-state index < -0.39 is 5.60 Å². The number of carbonyl (C=O) groups is 3. The predicted molar refractivity (Wildman–Crippen MR) is 163 cm³/mol. The van der Waals surface area contributed by atoms with Gasteiger partial charge in [-0.15, -0.1) is 0 Å². The highest BCUT2D eigenvalue weighted by Crippen LogP contribution is 2.43. The van der Waals surface area contributed by atoms with Crippen LogP contribution in [-0.2, 0) is 26.2 Å². The molecule has 0 saturated carbocycles. The number of alkyl carbamates (subject to hydrolysis) is 3. The highest BCUT2D eigenvalue weighted by molar-refractivity contribution is 5.73. The van der Waals surface area contributed by atoms with Gasteiger partial charge in [0.1, 0.15) is 13.2 Å². The van der Waals surface area contributed by atoms with Crippen molar-refractivity contribution in [2.24, 2.45) is 11.8 Å². The minimum absolute atomic E-state index is 0.102. The minimum Gasteiger partial charge on any atom is -0.447 e. The minimum atomic E-state index is -0.770. The molecule has 9 nitrogen and oxygen atoms in total. The van der Waals surface area contributed by atoms with Crippen molar-refractivity contribution in [2.75, 3.05) is 13.2 Å². The number of hydrogen-bond acceptors (Lipinski definition) is 6. The fourth-order valence-electron chi connectivity index (χ4n) is 5.31. The van der Waals surface area contributed by atoms with Gasteiger partial charge in [0.15, 0.2) is 5.60 Å². The van der Waals surface area contributed by atoms with Gasteiger partial charge in [-0.25, -0.2) is 14.4 Å². The zero-order valence-electron chi connectivity index (χ0n) is 25.1. The van der Waals surface area contributed by atoms with E-state index in [1.165, 1.54) is 5.56 Å². The quantitative estimate of drug-likeness (QED) is 0.315. The molecule has 3 heterocycles. The van der Waals surface area contributed by atoms with Crippen molar-refractivity contribution in [1.29, 1.82) is 0 Å². The fourth-order valence-corrected chi connectivity index (χ4v) is 5.31. The van der Waals surface area contributed by atoms with Gasteiger partial charge in [-0.05, 0) is 23.8 Å². The number of rotatable bonds is 6. The molecular weight excluding hydrogens is 546 g/mol. The zero-order valence-corrected chi connectivity index (χ0v) is 25.1. The van der Waals surface area contributed by atoms with Crippen molar-refractivity contribution in [3.63, 3.8) is 0 Å². The molecule has 0 unspecified atom stereocenters. The standard InChI is InChI=1S/C18H19NO2.C10H11NO2.C6H11NO2/c1-13(2)16-18(21-17(20)19-16,14-9-5-3-6-10-14)15-11-7-4-8-12-15;12-10-11-9(7-13-10)6-8-4-2-1-3-5-8;1-4(2)5-3-9-6(8)7-5/h3-13,16H,1-2H3,(H,19,20);1-5,9H,6-7H2,(H,11,12);4-5H,3H2,1-2H3,(H,7,8)/t16-;9-;5-/m001/s1. The summed E-state index contributed by atoms with van der Waals surface area (Å²) in [5.41, 5.74) is 2.44. The van der Waals surface area contributed by atoms with E-state index in [1.54, 1.807) is 0 Å². The van der Waals surface area contributed by atoms with Crippen LogP contribution in [0.2, 0.25) is 0 Å². The number of nitrogens with one attached hydrogen (secondary N) is 3. The molecular formula is C34H41N3O6. The molecule has 3 amide bonds. The summed E-state index contributed by atoms with van der Waals surface area (Å²) >= 11 is 0. The van der Waals surface area contributed by atoms with Crippen molar-refractivity contribution in [3.05, 3.63) is 108 Å². The second kappa shape index (κ2) is 14.6. The molecule has 3 aliphatic rings. The Labute approximate surface area is 253 Å². The van der Waals surface area contributed by atoms with Crippen LogP contribution >= 0.6 is 0 Å². The van der Waals surface area contributed by atoms with Crippen LogP contribution in [0.1, 0.15) is 44.4 Å². The van der Waals surface area contributed by atoms with Crippen LogP contribution in [0.15, 0.2) is 91.0 Å². The van der Waals surface area contributed by atoms with Gasteiger partial charge in [-0.2, -0.15) is 0 Å². The molecule has 6 rings (SSSR count). The molecule has 228 valence electrons. The highest BCUT2D eigenvalue weighted by atomic mass is 16.6. The van der Waals surface area contributed by atoms with Crippen LogP contribution in [-0.4, -0.2) is 49.6 Å². The molecule has 3 aromatic carbocycles. The second-order valence-corrected chi connectivity index (χ2v) is 11.4. The number of cyclic esters (lactones) is 3. The lowest BCUT2D eigenvalue weighted by Crippen LogP contribution is -2.45. The lowest BCUT2D eigenvalue weighted by molar-refractivity contribution is 0.0584. The number of amides is 3. The maximum absolute atomic E-state index is 12.0. The molecule has 0 aromatic heterocycles. The number of carbonyl (C=O) groups excluding carboxylic acids is 3. The molecule has 9 heteroatoms. The molecule has 0 spiro atoms. The molecule has 0 bridgehead atoms. The van der Waals surface area contributed by atoms with E-state index >= 15 is 0 Å². The van der Waals surface area contributed by atoms with E-state index in [9.17, 15) is 14.4 Å². The topological polar surface area (TPSA) is 115 Å². The summed E-state index contributed by atoms with van der Waals surface area (Å²) < 4.78 is 15.3. The Morgan fingerprint density at radius 2 is 1.16 bits per heavy atom. The van der Waals surface area contributed by atoms with E-state index in [4.69, 9.17) is 9.47 Å². The van der Waals surface area contributed by atoms with Gasteiger partial charge >= 0.3 is 18.3 Å². The third-order valence-corrected chi connectivity index (χ3v) is 7.60. The van der Waals surface area contributed by atoms with E-state index in [2.05, 4.69) is 48.4 Å². The Morgan fingerprint density at radius 3 is 1.58 bits per heavy atom. The van der Waals surface area contributed by atoms with Gasteiger partial charge in [-0.1, -0.05) is 119 Å². The Kier molecular flexibility index (Phi) is 10.6. The van der Waals surface area contributed by atoms with Crippen molar-refractivity contribution in [1.82, 2.24) is 16.0 Å². The van der Waals surface area contributed by atoms with Crippen molar-refractivity contribution >= 4 is 18.3 Å². The highest BCUT2D eigenvalue weighted by Gasteiger charge is 2.52. The monoisotopic (exact) mass is 587 g/mol. The lowest BCUT2D eigenvalue weighted by atomic mass is 9.76. The fraction of sp³-hybridized carbons (Fsp3) is 0.382. The van der Waals surface area contributed by atoms with Crippen LogP contribution in [0.4, 0.5) is 14.4 Å². The summed E-state index contributed by atoms with van der Waals surface area (Å²) in [5, 5.41) is 8.41. The maximum atomic E-state index is 12.0. The first-order chi connectivity index (χ1) is 20.7. The van der Waals surface area contributed by atoms with Crippen molar-refractivity contribution in [2.45, 2.75) is 57.8 Å². The second-order valence-electron chi connectivity index (χ2n) is 11.4. The summed E-state index contributed by atoms with van der Waals surface area (Å²) in [6.07, 6.45) is -0.108. The van der Waals surface area contributed by atoms with E-state index in [0.717, 1.165) is 17.5 Å². The van der Waals surface area contributed by atoms with Crippen LogP contribution < -0.4 is 16.0 Å². The largest absolute Gasteiger partial charge is 0.447 e. The number of ether oxygens (including phenoxy) is 3. The Balaban J connectivity index is 0.000000163.